The van der Waals surface area contributed by atoms with Crippen LogP contribution in [0, 0.1) is 0 Å². The molecule has 0 saturated carbocycles. The SMILES string of the molecule is CC1CN(CC(=O)N2CCCCC2C)CCN1. The lowest BCUT2D eigenvalue weighted by Crippen LogP contribution is -2.53. The Balaban J connectivity index is 1.83. The number of rotatable bonds is 2. The van der Waals surface area contributed by atoms with Crippen molar-refractivity contribution in [1.82, 2.24) is 15.1 Å². The molecular formula is C13H25N3O. The Morgan fingerprint density at radius 1 is 1.29 bits per heavy atom. The van der Waals surface area contributed by atoms with E-state index in [1.807, 2.05) is 0 Å². The molecule has 4 heteroatoms. The second-order valence-electron chi connectivity index (χ2n) is 5.52. The number of likely N-dealkylation sites (tertiary alicyclic amines) is 1. The second kappa shape index (κ2) is 5.83. The molecule has 17 heavy (non-hydrogen) atoms. The molecule has 0 bridgehead atoms. The average molecular weight is 239 g/mol. The van der Waals surface area contributed by atoms with E-state index in [0.29, 0.717) is 24.5 Å². The van der Waals surface area contributed by atoms with Crippen molar-refractivity contribution in [3.63, 3.8) is 0 Å². The molecule has 2 atom stereocenters. The first-order chi connectivity index (χ1) is 8.16. The maximum absolute atomic E-state index is 12.2. The number of piperidine rings is 1. The smallest absolute Gasteiger partial charge is 0.236 e. The Morgan fingerprint density at radius 2 is 2.12 bits per heavy atom. The van der Waals surface area contributed by atoms with Crippen molar-refractivity contribution >= 4 is 5.91 Å². The lowest BCUT2D eigenvalue weighted by molar-refractivity contribution is -0.135. The zero-order valence-electron chi connectivity index (χ0n) is 11.1. The number of nitrogens with one attached hydrogen (secondary N) is 1. The number of nitrogens with zero attached hydrogens (tertiary/aromatic N) is 2. The molecule has 2 aliphatic heterocycles. The van der Waals surface area contributed by atoms with Crippen LogP contribution >= 0.6 is 0 Å². The second-order valence-corrected chi connectivity index (χ2v) is 5.52. The summed E-state index contributed by atoms with van der Waals surface area (Å²) >= 11 is 0. The summed E-state index contributed by atoms with van der Waals surface area (Å²) in [7, 11) is 0. The fraction of sp³-hybridized carbons (Fsp3) is 0.923. The van der Waals surface area contributed by atoms with Crippen LogP contribution in [0.2, 0.25) is 0 Å². The molecule has 1 amide bonds. The number of hydrogen-bond acceptors (Lipinski definition) is 3. The number of hydrogen-bond donors (Lipinski definition) is 1. The first-order valence-electron chi connectivity index (χ1n) is 6.92. The molecule has 1 N–H and O–H groups in total. The van der Waals surface area contributed by atoms with Gasteiger partial charge in [-0.15, -0.1) is 0 Å². The monoisotopic (exact) mass is 239 g/mol. The van der Waals surface area contributed by atoms with Gasteiger partial charge in [-0.25, -0.2) is 0 Å². The van der Waals surface area contributed by atoms with Crippen molar-refractivity contribution in [2.75, 3.05) is 32.7 Å². The van der Waals surface area contributed by atoms with E-state index in [9.17, 15) is 4.79 Å². The molecule has 0 aromatic heterocycles. The van der Waals surface area contributed by atoms with Gasteiger partial charge in [0.1, 0.15) is 0 Å². The number of carbonyl (C=O) groups excluding carboxylic acids is 1. The Morgan fingerprint density at radius 3 is 2.82 bits per heavy atom. The van der Waals surface area contributed by atoms with E-state index in [-0.39, 0.29) is 0 Å². The van der Waals surface area contributed by atoms with Gasteiger partial charge in [-0.1, -0.05) is 0 Å². The van der Waals surface area contributed by atoms with Gasteiger partial charge in [-0.05, 0) is 33.1 Å². The van der Waals surface area contributed by atoms with Crippen molar-refractivity contribution < 1.29 is 4.79 Å². The maximum atomic E-state index is 12.2. The molecule has 2 unspecified atom stereocenters. The zero-order valence-corrected chi connectivity index (χ0v) is 11.1. The van der Waals surface area contributed by atoms with Gasteiger partial charge in [-0.2, -0.15) is 0 Å². The highest BCUT2D eigenvalue weighted by atomic mass is 16.2. The highest BCUT2D eigenvalue weighted by Gasteiger charge is 2.25. The molecular weight excluding hydrogens is 214 g/mol. The van der Waals surface area contributed by atoms with E-state index >= 15 is 0 Å². The van der Waals surface area contributed by atoms with Crippen LogP contribution in [-0.4, -0.2) is 60.5 Å². The lowest BCUT2D eigenvalue weighted by Gasteiger charge is -2.37. The van der Waals surface area contributed by atoms with E-state index in [1.165, 1.54) is 19.3 Å². The Kier molecular flexibility index (Phi) is 4.40. The minimum absolute atomic E-state index is 0.325. The Labute approximate surface area is 104 Å². The van der Waals surface area contributed by atoms with Crippen LogP contribution in [-0.2, 0) is 4.79 Å². The molecule has 2 aliphatic rings. The van der Waals surface area contributed by atoms with Crippen molar-refractivity contribution in [3.8, 4) is 0 Å². The molecule has 2 rings (SSSR count). The van der Waals surface area contributed by atoms with Crippen LogP contribution in [0.4, 0.5) is 0 Å². The molecule has 98 valence electrons. The molecule has 0 aromatic carbocycles. The topological polar surface area (TPSA) is 35.6 Å². The van der Waals surface area contributed by atoms with Crippen LogP contribution in [0.1, 0.15) is 33.1 Å². The molecule has 2 fully saturated rings. The van der Waals surface area contributed by atoms with Gasteiger partial charge in [0.25, 0.3) is 0 Å². The van der Waals surface area contributed by atoms with E-state index in [0.717, 1.165) is 26.2 Å². The van der Waals surface area contributed by atoms with Crippen molar-refractivity contribution in [1.29, 1.82) is 0 Å². The first-order valence-corrected chi connectivity index (χ1v) is 6.92. The van der Waals surface area contributed by atoms with Crippen LogP contribution in [0.25, 0.3) is 0 Å². The van der Waals surface area contributed by atoms with Gasteiger partial charge in [0, 0.05) is 38.3 Å². The van der Waals surface area contributed by atoms with Gasteiger partial charge in [0.15, 0.2) is 0 Å². The molecule has 0 aromatic rings. The van der Waals surface area contributed by atoms with Crippen molar-refractivity contribution in [2.45, 2.75) is 45.2 Å². The standard InChI is InChI=1S/C13H25N3O/c1-11-9-15(8-6-14-11)10-13(17)16-7-4-3-5-12(16)2/h11-12,14H,3-10H2,1-2H3. The van der Waals surface area contributed by atoms with Crippen LogP contribution in [0.3, 0.4) is 0 Å². The predicted molar refractivity (Wildman–Crippen MR) is 68.9 cm³/mol. The maximum Gasteiger partial charge on any atom is 0.236 e. The van der Waals surface area contributed by atoms with Gasteiger partial charge in [0.2, 0.25) is 5.91 Å². The molecule has 4 nitrogen and oxygen atoms in total. The fourth-order valence-electron chi connectivity index (χ4n) is 2.91. The third kappa shape index (κ3) is 3.42. The summed E-state index contributed by atoms with van der Waals surface area (Å²) < 4.78 is 0. The van der Waals surface area contributed by atoms with Gasteiger partial charge in [0.05, 0.1) is 6.54 Å². The van der Waals surface area contributed by atoms with E-state index < -0.39 is 0 Å². The normalized spacial score (nSPS) is 31.5. The van der Waals surface area contributed by atoms with Crippen LogP contribution in [0.15, 0.2) is 0 Å². The Bertz CT molecular complexity index is 269. The summed E-state index contributed by atoms with van der Waals surface area (Å²) in [5.41, 5.74) is 0. The number of amides is 1. The third-order valence-electron chi connectivity index (χ3n) is 3.94. The highest BCUT2D eigenvalue weighted by molar-refractivity contribution is 5.78. The van der Waals surface area contributed by atoms with E-state index in [1.54, 1.807) is 0 Å². The van der Waals surface area contributed by atoms with Gasteiger partial charge in [-0.3, -0.25) is 9.69 Å². The largest absolute Gasteiger partial charge is 0.339 e. The molecule has 0 radical (unpaired) electrons. The summed E-state index contributed by atoms with van der Waals surface area (Å²) in [4.78, 5) is 16.6. The van der Waals surface area contributed by atoms with Gasteiger partial charge >= 0.3 is 0 Å². The summed E-state index contributed by atoms with van der Waals surface area (Å²) in [5, 5.41) is 3.41. The number of carbonyl (C=O) groups is 1. The molecule has 2 saturated heterocycles. The lowest BCUT2D eigenvalue weighted by atomic mass is 10.0. The quantitative estimate of drug-likeness (QED) is 0.770. The fourth-order valence-corrected chi connectivity index (χ4v) is 2.91. The number of piperazine rings is 1. The molecule has 2 heterocycles. The molecule has 0 spiro atoms. The van der Waals surface area contributed by atoms with Gasteiger partial charge < -0.3 is 10.2 Å². The van der Waals surface area contributed by atoms with E-state index in [4.69, 9.17) is 0 Å². The zero-order chi connectivity index (χ0) is 12.3. The predicted octanol–water partition coefficient (Wildman–Crippen LogP) is 0.681. The summed E-state index contributed by atoms with van der Waals surface area (Å²) in [6, 6.07) is 0.951. The first kappa shape index (κ1) is 12.8. The van der Waals surface area contributed by atoms with Crippen LogP contribution in [0.5, 0.6) is 0 Å². The average Bonchev–Trinajstić information content (AvgIpc) is 2.29. The van der Waals surface area contributed by atoms with Crippen molar-refractivity contribution in [2.24, 2.45) is 0 Å². The molecule has 0 aliphatic carbocycles. The van der Waals surface area contributed by atoms with Crippen molar-refractivity contribution in [3.05, 3.63) is 0 Å². The van der Waals surface area contributed by atoms with Crippen LogP contribution < -0.4 is 5.32 Å². The minimum atomic E-state index is 0.325. The highest BCUT2D eigenvalue weighted by Crippen LogP contribution is 2.16. The van der Waals surface area contributed by atoms with E-state index in [2.05, 4.69) is 29.0 Å². The Hall–Kier alpha value is -0.610. The summed E-state index contributed by atoms with van der Waals surface area (Å²) in [5.74, 6) is 0.325. The summed E-state index contributed by atoms with van der Waals surface area (Å²) in [6.07, 6.45) is 3.62. The summed E-state index contributed by atoms with van der Waals surface area (Å²) in [6.45, 7) is 8.92. The minimum Gasteiger partial charge on any atom is -0.339 e. The third-order valence-corrected chi connectivity index (χ3v) is 3.94.